The Bertz CT molecular complexity index is 812. The zero-order valence-electron chi connectivity index (χ0n) is 14.8. The second-order valence-corrected chi connectivity index (χ2v) is 8.76. The summed E-state index contributed by atoms with van der Waals surface area (Å²) in [6.45, 7) is 1.66. The van der Waals surface area contributed by atoms with Crippen molar-refractivity contribution in [3.8, 4) is 0 Å². The number of aromatic nitrogens is 3. The number of halogens is 2. The molecule has 4 rings (SSSR count). The van der Waals surface area contributed by atoms with E-state index in [1.54, 1.807) is 24.7 Å². The van der Waals surface area contributed by atoms with E-state index in [1.165, 1.54) is 11.8 Å². The third-order valence-corrected chi connectivity index (χ3v) is 7.21. The van der Waals surface area contributed by atoms with Crippen LogP contribution in [0, 0.1) is 5.41 Å². The Labute approximate surface area is 166 Å². The van der Waals surface area contributed by atoms with E-state index in [1.807, 2.05) is 0 Å². The molecular formula is C18H22ClFN6S. The number of hydrogen-bond donors (Lipinski definition) is 2. The van der Waals surface area contributed by atoms with Gasteiger partial charge in [0.15, 0.2) is 0 Å². The van der Waals surface area contributed by atoms with Gasteiger partial charge in [0.05, 0.1) is 17.4 Å². The molecule has 4 N–H and O–H groups in total. The minimum atomic E-state index is -0.753. The first kappa shape index (κ1) is 18.7. The molecule has 27 heavy (non-hydrogen) atoms. The maximum Gasteiger partial charge on any atom is 0.147 e. The zero-order chi connectivity index (χ0) is 19.0. The molecule has 1 aliphatic carbocycles. The number of anilines is 2. The van der Waals surface area contributed by atoms with Crippen LogP contribution in [-0.2, 0) is 0 Å². The van der Waals surface area contributed by atoms with Crippen molar-refractivity contribution >= 4 is 35.0 Å². The van der Waals surface area contributed by atoms with Gasteiger partial charge in [0.25, 0.3) is 0 Å². The Morgan fingerprint density at radius 1 is 1.22 bits per heavy atom. The van der Waals surface area contributed by atoms with Crippen molar-refractivity contribution in [2.24, 2.45) is 11.1 Å². The molecule has 0 aromatic carbocycles. The molecule has 1 spiro atoms. The van der Waals surface area contributed by atoms with Crippen molar-refractivity contribution in [3.05, 3.63) is 29.7 Å². The lowest BCUT2D eigenvalue weighted by molar-refractivity contribution is 0.184. The van der Waals surface area contributed by atoms with Crippen molar-refractivity contribution in [1.29, 1.82) is 0 Å². The number of piperidine rings is 1. The van der Waals surface area contributed by atoms with Gasteiger partial charge in [-0.05, 0) is 37.2 Å². The van der Waals surface area contributed by atoms with Gasteiger partial charge in [-0.15, -0.1) is 0 Å². The van der Waals surface area contributed by atoms with Gasteiger partial charge in [-0.2, -0.15) is 0 Å². The number of nitrogens with zero attached hydrogens (tertiary/aromatic N) is 4. The molecule has 0 radical (unpaired) electrons. The molecule has 2 aromatic rings. The van der Waals surface area contributed by atoms with Gasteiger partial charge >= 0.3 is 0 Å². The van der Waals surface area contributed by atoms with Gasteiger partial charge in [-0.3, -0.25) is 0 Å². The summed E-state index contributed by atoms with van der Waals surface area (Å²) >= 11 is 7.57. The lowest BCUT2D eigenvalue weighted by Gasteiger charge is -2.42. The van der Waals surface area contributed by atoms with Crippen molar-refractivity contribution < 1.29 is 4.39 Å². The van der Waals surface area contributed by atoms with Gasteiger partial charge in [-0.25, -0.2) is 19.3 Å². The number of alkyl halides is 1. The first-order valence-corrected chi connectivity index (χ1v) is 10.2. The monoisotopic (exact) mass is 408 g/mol. The second kappa shape index (κ2) is 7.41. The highest BCUT2D eigenvalue weighted by atomic mass is 35.5. The lowest BCUT2D eigenvalue weighted by Crippen LogP contribution is -2.47. The minimum Gasteiger partial charge on any atom is -0.382 e. The van der Waals surface area contributed by atoms with Crippen LogP contribution in [-0.4, -0.2) is 40.3 Å². The minimum absolute atomic E-state index is 0.0305. The Morgan fingerprint density at radius 3 is 2.63 bits per heavy atom. The molecule has 9 heteroatoms. The Hall–Kier alpha value is -1.64. The van der Waals surface area contributed by atoms with Crippen molar-refractivity contribution in [3.63, 3.8) is 0 Å². The van der Waals surface area contributed by atoms with Crippen LogP contribution in [0.3, 0.4) is 0 Å². The molecular weight excluding hydrogens is 387 g/mol. The molecule has 2 atom stereocenters. The van der Waals surface area contributed by atoms with E-state index in [0.29, 0.717) is 23.7 Å². The van der Waals surface area contributed by atoms with E-state index in [2.05, 4.69) is 19.9 Å². The highest BCUT2D eigenvalue weighted by Crippen LogP contribution is 2.47. The summed E-state index contributed by atoms with van der Waals surface area (Å²) < 4.78 is 13.8. The lowest BCUT2D eigenvalue weighted by atomic mass is 9.74. The Balaban J connectivity index is 1.41. The third kappa shape index (κ3) is 3.70. The molecule has 6 nitrogen and oxygen atoms in total. The van der Waals surface area contributed by atoms with Crippen molar-refractivity contribution in [2.45, 2.75) is 47.8 Å². The number of pyridine rings is 1. The quantitative estimate of drug-likeness (QED) is 0.804. The van der Waals surface area contributed by atoms with E-state index in [4.69, 9.17) is 23.1 Å². The van der Waals surface area contributed by atoms with Gasteiger partial charge in [0.2, 0.25) is 0 Å². The molecule has 3 heterocycles. The van der Waals surface area contributed by atoms with E-state index in [-0.39, 0.29) is 11.5 Å². The topological polar surface area (TPSA) is 94.0 Å². The van der Waals surface area contributed by atoms with Crippen molar-refractivity contribution in [2.75, 3.05) is 23.7 Å². The summed E-state index contributed by atoms with van der Waals surface area (Å²) in [5.74, 6) is 1.13. The summed E-state index contributed by atoms with van der Waals surface area (Å²) in [7, 11) is 0. The summed E-state index contributed by atoms with van der Waals surface area (Å²) in [6.07, 6.45) is 7.26. The van der Waals surface area contributed by atoms with E-state index < -0.39 is 6.17 Å². The third-order valence-electron chi connectivity index (χ3n) is 5.72. The predicted octanol–water partition coefficient (Wildman–Crippen LogP) is 3.30. The van der Waals surface area contributed by atoms with Crippen LogP contribution < -0.4 is 16.4 Å². The molecule has 0 unspecified atom stereocenters. The van der Waals surface area contributed by atoms with Crippen LogP contribution in [0.5, 0.6) is 0 Å². The second-order valence-electron chi connectivity index (χ2n) is 7.32. The normalized spacial score (nSPS) is 24.5. The van der Waals surface area contributed by atoms with Gasteiger partial charge in [0.1, 0.15) is 22.8 Å². The molecule has 0 amide bonds. The first-order valence-electron chi connectivity index (χ1n) is 9.01. The molecule has 1 saturated heterocycles. The van der Waals surface area contributed by atoms with Crippen LogP contribution in [0.1, 0.15) is 25.7 Å². The van der Waals surface area contributed by atoms with Crippen LogP contribution in [0.2, 0.25) is 5.02 Å². The van der Waals surface area contributed by atoms with Crippen LogP contribution >= 0.6 is 23.4 Å². The van der Waals surface area contributed by atoms with E-state index in [9.17, 15) is 4.39 Å². The summed E-state index contributed by atoms with van der Waals surface area (Å²) in [5, 5.41) is 1.16. The molecule has 144 valence electrons. The molecule has 0 bridgehead atoms. The Kier molecular flexibility index (Phi) is 5.13. The standard InChI is InChI=1S/C18H22ClFN6S/c19-16-12(1-4-23-17(16)22)27-15-10-24-14(9-25-15)26-5-2-18(3-6-26)8-11(20)7-13(18)21/h1,4,9-11,13H,2-3,5-8,21H2,(H2,22,23)/t11-,13+/m0/s1. The molecule has 1 aliphatic heterocycles. The number of nitrogens with two attached hydrogens (primary N) is 2. The largest absolute Gasteiger partial charge is 0.382 e. The highest BCUT2D eigenvalue weighted by molar-refractivity contribution is 7.99. The Morgan fingerprint density at radius 2 is 2.00 bits per heavy atom. The summed E-state index contributed by atoms with van der Waals surface area (Å²) in [4.78, 5) is 16.0. The van der Waals surface area contributed by atoms with Gasteiger partial charge < -0.3 is 16.4 Å². The maximum absolute atomic E-state index is 13.8. The fourth-order valence-electron chi connectivity index (χ4n) is 4.12. The SMILES string of the molecule is Nc1nccc(Sc2cnc(N3CCC4(CC3)C[C@@H](F)C[C@H]4N)cn2)c1Cl. The fraction of sp³-hybridized carbons (Fsp3) is 0.500. The average Bonchev–Trinajstić information content (AvgIpc) is 2.93. The number of nitrogen functional groups attached to an aromatic ring is 1. The van der Waals surface area contributed by atoms with E-state index >= 15 is 0 Å². The highest BCUT2D eigenvalue weighted by Gasteiger charge is 2.47. The molecule has 2 aliphatic rings. The first-order chi connectivity index (χ1) is 13.0. The molecule has 2 fully saturated rings. The average molecular weight is 409 g/mol. The maximum atomic E-state index is 13.8. The number of hydrogen-bond acceptors (Lipinski definition) is 7. The predicted molar refractivity (Wildman–Crippen MR) is 106 cm³/mol. The molecule has 1 saturated carbocycles. The van der Waals surface area contributed by atoms with Gasteiger partial charge in [-0.1, -0.05) is 23.4 Å². The van der Waals surface area contributed by atoms with E-state index in [0.717, 1.165) is 41.7 Å². The summed E-state index contributed by atoms with van der Waals surface area (Å²) in [6, 6.07) is 1.77. The van der Waals surface area contributed by atoms with Crippen LogP contribution in [0.4, 0.5) is 16.0 Å². The fourth-order valence-corrected chi connectivity index (χ4v) is 5.10. The van der Waals surface area contributed by atoms with Crippen LogP contribution in [0.15, 0.2) is 34.6 Å². The number of rotatable bonds is 3. The van der Waals surface area contributed by atoms with Crippen LogP contribution in [0.25, 0.3) is 0 Å². The molecule has 2 aromatic heterocycles. The van der Waals surface area contributed by atoms with Crippen molar-refractivity contribution in [1.82, 2.24) is 15.0 Å². The summed E-state index contributed by atoms with van der Waals surface area (Å²) in [5.41, 5.74) is 11.9. The zero-order valence-corrected chi connectivity index (χ0v) is 16.4. The smallest absolute Gasteiger partial charge is 0.147 e. The van der Waals surface area contributed by atoms with Gasteiger partial charge in [0, 0.05) is 30.2 Å².